The molecular weight excluding hydrogens is 430 g/mol. The first-order valence-corrected chi connectivity index (χ1v) is 11.9. The van der Waals surface area contributed by atoms with Crippen molar-refractivity contribution in [3.8, 4) is 11.1 Å². The van der Waals surface area contributed by atoms with Crippen LogP contribution in [-0.2, 0) is 4.74 Å². The lowest BCUT2D eigenvalue weighted by atomic mass is 9.99. The van der Waals surface area contributed by atoms with Crippen molar-refractivity contribution < 1.29 is 9.53 Å². The number of thiophene rings is 1. The van der Waals surface area contributed by atoms with E-state index >= 15 is 0 Å². The van der Waals surface area contributed by atoms with Gasteiger partial charge in [0.05, 0.1) is 29.1 Å². The summed E-state index contributed by atoms with van der Waals surface area (Å²) in [5.74, 6) is -0.0812. The van der Waals surface area contributed by atoms with Crippen molar-refractivity contribution in [2.45, 2.75) is 6.04 Å². The normalized spacial score (nSPS) is 14.6. The van der Waals surface area contributed by atoms with Crippen LogP contribution < -0.4 is 10.2 Å². The van der Waals surface area contributed by atoms with Crippen LogP contribution >= 0.6 is 11.3 Å². The summed E-state index contributed by atoms with van der Waals surface area (Å²) in [7, 11) is 0. The van der Waals surface area contributed by atoms with Crippen LogP contribution in [0.2, 0.25) is 0 Å². The molecule has 1 fully saturated rings. The number of benzene rings is 2. The van der Waals surface area contributed by atoms with Crippen LogP contribution in [0.1, 0.15) is 26.8 Å². The number of hydrogen-bond donors (Lipinski definition) is 1. The summed E-state index contributed by atoms with van der Waals surface area (Å²) in [5.41, 5.74) is 4.24. The minimum Gasteiger partial charge on any atom is -0.378 e. The molecule has 2 aromatic carbocycles. The van der Waals surface area contributed by atoms with Gasteiger partial charge in [0.2, 0.25) is 0 Å². The van der Waals surface area contributed by atoms with Crippen LogP contribution in [0.5, 0.6) is 0 Å². The molecule has 1 atom stereocenters. The lowest BCUT2D eigenvalue weighted by Crippen LogP contribution is -2.35. The van der Waals surface area contributed by atoms with E-state index in [2.05, 4.69) is 27.3 Å². The van der Waals surface area contributed by atoms with Gasteiger partial charge in [0.1, 0.15) is 0 Å². The van der Waals surface area contributed by atoms with Gasteiger partial charge in [-0.1, -0.05) is 60.7 Å². The third-order valence-corrected chi connectivity index (χ3v) is 6.96. The quantitative estimate of drug-likeness (QED) is 0.436. The molecule has 1 unspecified atom stereocenters. The van der Waals surface area contributed by atoms with E-state index in [1.807, 2.05) is 66.7 Å². The summed E-state index contributed by atoms with van der Waals surface area (Å²) in [6, 6.07) is 26.0. The number of pyridine rings is 1. The van der Waals surface area contributed by atoms with Gasteiger partial charge in [-0.05, 0) is 34.9 Å². The minimum absolute atomic E-state index is 0.0812. The van der Waals surface area contributed by atoms with Gasteiger partial charge >= 0.3 is 0 Å². The number of aromatic nitrogens is 1. The van der Waals surface area contributed by atoms with Gasteiger partial charge in [-0.25, -0.2) is 0 Å². The number of nitrogens with one attached hydrogen (secondary N) is 1. The Morgan fingerprint density at radius 3 is 2.24 bits per heavy atom. The van der Waals surface area contributed by atoms with Gasteiger partial charge in [-0.2, -0.15) is 0 Å². The first-order chi connectivity index (χ1) is 16.3. The highest BCUT2D eigenvalue weighted by Gasteiger charge is 2.24. The maximum absolute atomic E-state index is 13.5. The third-order valence-electron chi connectivity index (χ3n) is 5.77. The Kier molecular flexibility index (Phi) is 6.46. The molecule has 0 aliphatic carbocycles. The Bertz CT molecular complexity index is 1150. The van der Waals surface area contributed by atoms with E-state index in [1.54, 1.807) is 23.7 Å². The molecule has 0 bridgehead atoms. The van der Waals surface area contributed by atoms with Crippen LogP contribution in [0.3, 0.4) is 0 Å². The fourth-order valence-electron chi connectivity index (χ4n) is 4.08. The molecule has 1 aliphatic rings. The van der Waals surface area contributed by atoms with Crippen LogP contribution in [-0.4, -0.2) is 37.2 Å². The first kappa shape index (κ1) is 21.4. The Balaban J connectivity index is 1.49. The summed E-state index contributed by atoms with van der Waals surface area (Å²) in [6.07, 6.45) is 3.51. The zero-order valence-electron chi connectivity index (χ0n) is 18.2. The molecule has 166 valence electrons. The van der Waals surface area contributed by atoms with Crippen molar-refractivity contribution in [3.05, 3.63) is 107 Å². The predicted octanol–water partition coefficient (Wildman–Crippen LogP) is 5.17. The van der Waals surface area contributed by atoms with Crippen molar-refractivity contribution in [1.82, 2.24) is 10.3 Å². The fraction of sp³-hybridized carbons (Fsp3) is 0.185. The van der Waals surface area contributed by atoms with Gasteiger partial charge in [0, 0.05) is 31.0 Å². The molecular formula is C27H25N3O2S. The standard InChI is InChI=1S/C27H25N3O2S/c31-26(29-25(21-9-5-2-6-10-21)22-11-13-28-14-12-22)24-19-23(20-7-3-1-4-8-20)27(33-24)30-15-17-32-18-16-30/h1-14,19,25H,15-18H2,(H,29,31). The second-order valence-corrected chi connectivity index (χ2v) is 8.92. The Morgan fingerprint density at radius 1 is 0.909 bits per heavy atom. The summed E-state index contributed by atoms with van der Waals surface area (Å²) < 4.78 is 5.55. The molecule has 0 radical (unpaired) electrons. The number of anilines is 1. The molecule has 4 aromatic rings. The van der Waals surface area contributed by atoms with Crippen molar-refractivity contribution >= 4 is 22.2 Å². The summed E-state index contributed by atoms with van der Waals surface area (Å²) in [6.45, 7) is 3.05. The molecule has 0 saturated carbocycles. The Labute approximate surface area is 197 Å². The van der Waals surface area contributed by atoms with E-state index in [-0.39, 0.29) is 11.9 Å². The van der Waals surface area contributed by atoms with Crippen LogP contribution in [0.25, 0.3) is 11.1 Å². The highest BCUT2D eigenvalue weighted by Crippen LogP contribution is 2.39. The smallest absolute Gasteiger partial charge is 0.262 e. The first-order valence-electron chi connectivity index (χ1n) is 11.1. The number of nitrogens with zero attached hydrogens (tertiary/aromatic N) is 2. The van der Waals surface area contributed by atoms with Crippen molar-refractivity contribution in [3.63, 3.8) is 0 Å². The average Bonchev–Trinajstić information content (AvgIpc) is 3.35. The second-order valence-electron chi connectivity index (χ2n) is 7.89. The van der Waals surface area contributed by atoms with E-state index in [4.69, 9.17) is 4.74 Å². The van der Waals surface area contributed by atoms with Crippen molar-refractivity contribution in [1.29, 1.82) is 0 Å². The lowest BCUT2D eigenvalue weighted by molar-refractivity contribution is 0.0947. The Morgan fingerprint density at radius 2 is 1.55 bits per heavy atom. The fourth-order valence-corrected chi connectivity index (χ4v) is 5.22. The van der Waals surface area contributed by atoms with Crippen LogP contribution in [0.15, 0.2) is 91.3 Å². The number of ether oxygens (including phenoxy) is 1. The van der Waals surface area contributed by atoms with E-state index < -0.39 is 0 Å². The maximum atomic E-state index is 13.5. The molecule has 2 aromatic heterocycles. The highest BCUT2D eigenvalue weighted by molar-refractivity contribution is 7.18. The van der Waals surface area contributed by atoms with Gasteiger partial charge in [-0.15, -0.1) is 11.3 Å². The SMILES string of the molecule is O=C(NC(c1ccccc1)c1ccncc1)c1cc(-c2ccccc2)c(N2CCOCC2)s1. The summed E-state index contributed by atoms with van der Waals surface area (Å²) in [5, 5.41) is 4.38. The molecule has 5 nitrogen and oxygen atoms in total. The van der Waals surface area contributed by atoms with E-state index in [9.17, 15) is 4.79 Å². The average molecular weight is 456 g/mol. The monoisotopic (exact) mass is 455 g/mol. The number of hydrogen-bond acceptors (Lipinski definition) is 5. The molecule has 0 spiro atoms. The molecule has 3 heterocycles. The number of carbonyl (C=O) groups is 1. The van der Waals surface area contributed by atoms with Gasteiger partial charge in [0.15, 0.2) is 0 Å². The van der Waals surface area contributed by atoms with E-state index in [0.717, 1.165) is 40.3 Å². The molecule has 6 heteroatoms. The molecule has 5 rings (SSSR count). The molecule has 1 N–H and O–H groups in total. The van der Waals surface area contributed by atoms with E-state index in [0.29, 0.717) is 18.1 Å². The van der Waals surface area contributed by atoms with Gasteiger partial charge < -0.3 is 15.0 Å². The number of carbonyl (C=O) groups excluding carboxylic acids is 1. The lowest BCUT2D eigenvalue weighted by Gasteiger charge is -2.28. The molecule has 1 amide bonds. The number of morpholine rings is 1. The summed E-state index contributed by atoms with van der Waals surface area (Å²) in [4.78, 5) is 20.7. The second kappa shape index (κ2) is 9.98. The molecule has 1 saturated heterocycles. The van der Waals surface area contributed by atoms with Crippen molar-refractivity contribution in [2.24, 2.45) is 0 Å². The van der Waals surface area contributed by atoms with Crippen molar-refractivity contribution in [2.75, 3.05) is 31.2 Å². The third kappa shape index (κ3) is 4.82. The zero-order chi connectivity index (χ0) is 22.5. The molecule has 33 heavy (non-hydrogen) atoms. The molecule has 1 aliphatic heterocycles. The maximum Gasteiger partial charge on any atom is 0.262 e. The van der Waals surface area contributed by atoms with Crippen LogP contribution in [0.4, 0.5) is 5.00 Å². The Hall–Kier alpha value is -3.48. The predicted molar refractivity (Wildman–Crippen MR) is 133 cm³/mol. The minimum atomic E-state index is -0.254. The summed E-state index contributed by atoms with van der Waals surface area (Å²) >= 11 is 1.55. The van der Waals surface area contributed by atoms with Gasteiger partial charge in [0.25, 0.3) is 5.91 Å². The topological polar surface area (TPSA) is 54.5 Å². The number of rotatable bonds is 6. The number of amides is 1. The van der Waals surface area contributed by atoms with E-state index in [1.165, 1.54) is 0 Å². The van der Waals surface area contributed by atoms with Gasteiger partial charge in [-0.3, -0.25) is 9.78 Å². The zero-order valence-corrected chi connectivity index (χ0v) is 19.0. The largest absolute Gasteiger partial charge is 0.378 e. The van der Waals surface area contributed by atoms with Crippen LogP contribution in [0, 0.1) is 0 Å². The highest BCUT2D eigenvalue weighted by atomic mass is 32.1.